The van der Waals surface area contributed by atoms with Gasteiger partial charge in [0.05, 0.1) is 28.9 Å². The summed E-state index contributed by atoms with van der Waals surface area (Å²) in [5.74, 6) is -4.32. The van der Waals surface area contributed by atoms with Gasteiger partial charge < -0.3 is 49.3 Å². The van der Waals surface area contributed by atoms with Gasteiger partial charge in [-0.3, -0.25) is 24.1 Å². The van der Waals surface area contributed by atoms with Gasteiger partial charge in [0.25, 0.3) is 5.91 Å². The largest absolute Gasteiger partial charge is 0.507 e. The Labute approximate surface area is 389 Å². The van der Waals surface area contributed by atoms with E-state index in [4.69, 9.17) is 23.6 Å². The van der Waals surface area contributed by atoms with Crippen molar-refractivity contribution >= 4 is 62.0 Å². The van der Waals surface area contributed by atoms with Crippen LogP contribution >= 0.6 is 0 Å². The molecule has 16 nitrogen and oxygen atoms in total. The summed E-state index contributed by atoms with van der Waals surface area (Å²) < 4.78 is 24.8. The van der Waals surface area contributed by atoms with Gasteiger partial charge in [-0.2, -0.15) is 0 Å². The highest BCUT2D eigenvalue weighted by Gasteiger charge is 2.42. The van der Waals surface area contributed by atoms with Gasteiger partial charge in [-0.1, -0.05) is 65.0 Å². The molecule has 0 saturated carbocycles. The number of methoxy groups -OCH3 is 1. The molecule has 9 atom stereocenters. The molecular weight excluding hydrogens is 861 g/mol. The van der Waals surface area contributed by atoms with E-state index < -0.39 is 82.2 Å². The van der Waals surface area contributed by atoms with E-state index in [9.17, 15) is 39.6 Å². The molecule has 4 aromatic rings. The number of nitrogens with zero attached hydrogens (tertiary/aromatic N) is 3. The van der Waals surface area contributed by atoms with Gasteiger partial charge in [0.2, 0.25) is 10.9 Å². The number of nitrogens with one attached hydrogen (secondary N) is 1. The quantitative estimate of drug-likeness (QED) is 0.0717. The van der Waals surface area contributed by atoms with Crippen molar-refractivity contribution in [1.82, 2.24) is 9.88 Å². The molecule has 3 aliphatic rings. The fraction of sp³-hybridized carbons (Fsp3) is 0.510. The first kappa shape index (κ1) is 49.1. The third kappa shape index (κ3) is 9.16. The van der Waals surface area contributed by atoms with Gasteiger partial charge in [0.15, 0.2) is 22.3 Å². The molecule has 67 heavy (non-hydrogen) atoms. The third-order valence-electron chi connectivity index (χ3n) is 14.1. The van der Waals surface area contributed by atoms with Crippen LogP contribution in [0.5, 0.6) is 11.5 Å². The minimum Gasteiger partial charge on any atom is -0.507 e. The van der Waals surface area contributed by atoms with E-state index in [0.29, 0.717) is 18.8 Å². The zero-order valence-electron chi connectivity index (χ0n) is 40.0. The lowest BCUT2D eigenvalue weighted by atomic mass is 9.78. The number of benzene rings is 3. The Morgan fingerprint density at radius 1 is 0.955 bits per heavy atom. The summed E-state index contributed by atoms with van der Waals surface area (Å²) >= 11 is 0. The highest BCUT2D eigenvalue weighted by atomic mass is 16.5. The first-order chi connectivity index (χ1) is 31.7. The van der Waals surface area contributed by atoms with Gasteiger partial charge >= 0.3 is 5.97 Å². The maximum absolute atomic E-state index is 14.9. The number of allylic oxidation sites excluding steroid dienone is 2. The number of carbonyl (C=O) groups excluding carboxylic acids is 2. The highest BCUT2D eigenvalue weighted by Crippen LogP contribution is 2.43. The Morgan fingerprint density at radius 2 is 1.66 bits per heavy atom. The fourth-order valence-electron chi connectivity index (χ4n) is 9.91. The minimum absolute atomic E-state index is 0.0333. The van der Waals surface area contributed by atoms with Crippen molar-refractivity contribution in [2.75, 3.05) is 50.1 Å². The molecule has 5 N–H and O–H groups in total. The number of hydrogen-bond acceptors (Lipinski definition) is 15. The standard InChI is InChI=1S/C51H64N4O12/c1-11-18-54-19-21-55(22-20-54)32-23-33(57)39-35(24-32)66-48-40(52-39)36-37-44(60)30(7)47-38(36)49(62)51(9,67-47)17-13-16-34(64-10)27(4)46(65-31(8)56)29(6)43(59)28(5)42(58)25(2)14-12-15-26(3)50(63)53-41(48)45(37)61/h12-16,23-25,27-29,34,42-43,46,58-60,62H,11,17-22H2,1-10H3,(H,53,63). The number of carbonyl (C=O) groups is 2. The second kappa shape index (κ2) is 19.4. The number of phenolic OH excluding ortho intramolecular Hbond substituents is 1. The van der Waals surface area contributed by atoms with Gasteiger partial charge in [-0.05, 0) is 33.7 Å². The Kier molecular flexibility index (Phi) is 14.2. The van der Waals surface area contributed by atoms with Crippen molar-refractivity contribution in [2.45, 2.75) is 105 Å². The molecule has 0 radical (unpaired) electrons. The molecule has 1 saturated heterocycles. The topological polar surface area (TPSA) is 221 Å². The van der Waals surface area contributed by atoms with Crippen LogP contribution in [-0.4, -0.2) is 112 Å². The second-order valence-corrected chi connectivity index (χ2v) is 18.8. The summed E-state index contributed by atoms with van der Waals surface area (Å²) in [5, 5.41) is 49.8. The molecule has 0 spiro atoms. The number of aliphatic hydroxyl groups is 3. The SMILES string of the molecule is CCCN1CCN(c2cc(=O)c3nc4c(oc3c2)c2c(=O)c3c(O)c(C)c5c(c34)=C(O)C(C)(CC=CC(OC)C(C)C(OC(C)=O)C(C)C(O)C(C)C(O)C(C)C=CC=C(C)C(=O)N2)O5)CC1. The number of aromatic nitrogens is 1. The van der Waals surface area contributed by atoms with E-state index in [2.05, 4.69) is 22.0 Å². The number of ether oxygens (including phenoxy) is 3. The second-order valence-electron chi connectivity index (χ2n) is 18.8. The Hall–Kier alpha value is -5.81. The number of hydrogen-bond donors (Lipinski definition) is 5. The maximum Gasteiger partial charge on any atom is 0.302 e. The monoisotopic (exact) mass is 924 g/mol. The van der Waals surface area contributed by atoms with Crippen LogP contribution in [0.4, 0.5) is 11.4 Å². The first-order valence-electron chi connectivity index (χ1n) is 23.2. The Bertz CT molecular complexity index is 2860. The average Bonchev–Trinajstić information content (AvgIpc) is 3.56. The van der Waals surface area contributed by atoms with Crippen LogP contribution in [0, 0.1) is 30.6 Å². The smallest absolute Gasteiger partial charge is 0.302 e. The van der Waals surface area contributed by atoms with E-state index in [1.807, 2.05) is 6.92 Å². The van der Waals surface area contributed by atoms with E-state index in [-0.39, 0.29) is 72.9 Å². The molecule has 7 rings (SSSR count). The molecule has 1 fully saturated rings. The summed E-state index contributed by atoms with van der Waals surface area (Å²) in [6, 6.07) is 3.19. The molecule has 1 aromatic heterocycles. The van der Waals surface area contributed by atoms with Crippen molar-refractivity contribution in [3.8, 4) is 11.5 Å². The lowest BCUT2D eigenvalue weighted by molar-refractivity contribution is -0.160. The number of piperazine rings is 1. The van der Waals surface area contributed by atoms with Gasteiger partial charge in [0.1, 0.15) is 34.6 Å². The number of phenols is 1. The molecule has 360 valence electrons. The zero-order valence-corrected chi connectivity index (χ0v) is 40.0. The number of aromatic hydroxyl groups is 1. The molecule has 5 bridgehead atoms. The predicted octanol–water partition coefficient (Wildman–Crippen LogP) is 5.55. The number of fused-ring (bicyclic) bond motifs is 5. The first-order valence-corrected chi connectivity index (χ1v) is 23.2. The molecular formula is C51H64N4O12. The zero-order chi connectivity index (χ0) is 48.8. The van der Waals surface area contributed by atoms with Crippen molar-refractivity contribution in [2.24, 2.45) is 23.7 Å². The van der Waals surface area contributed by atoms with Crippen LogP contribution in [0.3, 0.4) is 0 Å². The number of anilines is 2. The van der Waals surface area contributed by atoms with Crippen LogP contribution in [0.25, 0.3) is 38.7 Å². The molecule has 1 amide bonds. The van der Waals surface area contributed by atoms with Crippen LogP contribution in [0.15, 0.2) is 62.1 Å². The normalized spacial score (nSPS) is 28.1. The summed E-state index contributed by atoms with van der Waals surface area (Å²) in [7, 11) is 1.50. The van der Waals surface area contributed by atoms with Gasteiger partial charge in [0, 0.05) is 105 Å². The molecule has 4 heterocycles. The lowest BCUT2D eigenvalue weighted by Gasteiger charge is -2.38. The van der Waals surface area contributed by atoms with Crippen LogP contribution in [0.2, 0.25) is 0 Å². The summed E-state index contributed by atoms with van der Waals surface area (Å²) in [6.45, 7) is 19.1. The van der Waals surface area contributed by atoms with Crippen LogP contribution < -0.4 is 31.0 Å². The maximum atomic E-state index is 14.9. The third-order valence-corrected chi connectivity index (χ3v) is 14.1. The molecule has 16 heteroatoms. The fourth-order valence-corrected chi connectivity index (χ4v) is 9.91. The van der Waals surface area contributed by atoms with Crippen LogP contribution in [0.1, 0.15) is 73.8 Å². The molecule has 0 aliphatic carbocycles. The van der Waals surface area contributed by atoms with E-state index in [1.54, 1.807) is 65.0 Å². The number of amides is 1. The number of esters is 1. The molecule has 3 aliphatic heterocycles. The summed E-state index contributed by atoms with van der Waals surface area (Å²) in [6.07, 6.45) is 5.63. The number of aliphatic hydroxyl groups excluding tert-OH is 3. The van der Waals surface area contributed by atoms with E-state index >= 15 is 0 Å². The van der Waals surface area contributed by atoms with Crippen molar-refractivity contribution in [3.05, 3.63) is 79.3 Å². The van der Waals surface area contributed by atoms with Crippen molar-refractivity contribution in [3.63, 3.8) is 0 Å². The minimum atomic E-state index is -1.48. The van der Waals surface area contributed by atoms with Gasteiger partial charge in [-0.15, -0.1) is 0 Å². The Balaban J connectivity index is 1.46. The molecule has 9 unspecified atom stereocenters. The summed E-state index contributed by atoms with van der Waals surface area (Å²) in [5.41, 5.74) is -2.46. The predicted molar refractivity (Wildman–Crippen MR) is 257 cm³/mol. The van der Waals surface area contributed by atoms with E-state index in [0.717, 1.165) is 26.1 Å². The molecule has 3 aromatic carbocycles. The average molecular weight is 925 g/mol. The number of rotatable bonds is 5. The van der Waals surface area contributed by atoms with Crippen LogP contribution in [-0.2, 0) is 19.1 Å². The van der Waals surface area contributed by atoms with Crippen molar-refractivity contribution in [1.29, 1.82) is 0 Å². The highest BCUT2D eigenvalue weighted by molar-refractivity contribution is 6.17. The Morgan fingerprint density at radius 3 is 2.31 bits per heavy atom. The summed E-state index contributed by atoms with van der Waals surface area (Å²) in [4.78, 5) is 64.7. The van der Waals surface area contributed by atoms with E-state index in [1.165, 1.54) is 33.1 Å². The van der Waals surface area contributed by atoms with Gasteiger partial charge in [-0.25, -0.2) is 4.98 Å². The lowest BCUT2D eigenvalue weighted by Crippen LogP contribution is -2.46. The van der Waals surface area contributed by atoms with Crippen molar-refractivity contribution < 1.29 is 48.6 Å².